The highest BCUT2D eigenvalue weighted by Crippen LogP contribution is 2.48. The molecule has 1 aliphatic carbocycles. The summed E-state index contributed by atoms with van der Waals surface area (Å²) in [4.78, 5) is 21.5. The molecule has 35 heavy (non-hydrogen) atoms. The number of amides is 1. The lowest BCUT2D eigenvalue weighted by atomic mass is 9.95. The molecule has 1 aliphatic rings. The zero-order chi connectivity index (χ0) is 26.3. The number of carboxylic acids is 1. The molecule has 3 rings (SSSR count). The predicted octanol–water partition coefficient (Wildman–Crippen LogP) is 2.92. The van der Waals surface area contributed by atoms with Gasteiger partial charge in [0.05, 0.1) is 24.0 Å². The number of nitrogens with one attached hydrogen (secondary N) is 2. The molecule has 0 bridgehead atoms. The minimum Gasteiger partial charge on any atom is -0.497 e. The van der Waals surface area contributed by atoms with Gasteiger partial charge in [-0.25, -0.2) is 13.2 Å². The summed E-state index contributed by atoms with van der Waals surface area (Å²) >= 11 is 0. The normalized spacial score (nSPS) is 14.2. The Morgan fingerprint density at radius 1 is 1.03 bits per heavy atom. The summed E-state index contributed by atoms with van der Waals surface area (Å²) in [6.07, 6.45) is -3.52. The number of benzene rings is 2. The van der Waals surface area contributed by atoms with Crippen molar-refractivity contribution in [2.24, 2.45) is 0 Å². The van der Waals surface area contributed by atoms with Crippen molar-refractivity contribution in [3.63, 3.8) is 0 Å². The van der Waals surface area contributed by atoms with Crippen LogP contribution in [0.4, 0.5) is 18.9 Å². The topological polar surface area (TPSA) is 131 Å². The smallest absolute Gasteiger partial charge is 0.490 e. The van der Waals surface area contributed by atoms with E-state index in [4.69, 9.17) is 19.4 Å². The molecule has 0 heterocycles. The molecular weight excluding hydrogens is 493 g/mol. The van der Waals surface area contributed by atoms with Gasteiger partial charge in [0.2, 0.25) is 5.91 Å². The summed E-state index contributed by atoms with van der Waals surface area (Å²) in [6, 6.07) is 13.1. The van der Waals surface area contributed by atoms with E-state index in [1.807, 2.05) is 0 Å². The van der Waals surface area contributed by atoms with Crippen LogP contribution >= 0.6 is 0 Å². The van der Waals surface area contributed by atoms with Crippen molar-refractivity contribution < 1.29 is 45.8 Å². The van der Waals surface area contributed by atoms with E-state index in [9.17, 15) is 26.4 Å². The number of hydrogen-bond donors (Lipinski definition) is 3. The largest absolute Gasteiger partial charge is 0.497 e. The van der Waals surface area contributed by atoms with Crippen molar-refractivity contribution in [2.75, 3.05) is 32.1 Å². The number of sulfonamides is 1. The number of hydrogen-bond acceptors (Lipinski definition) is 6. The lowest BCUT2D eigenvalue weighted by Gasteiger charge is -2.16. The molecule has 192 valence electrons. The maximum absolute atomic E-state index is 12.5. The van der Waals surface area contributed by atoms with Gasteiger partial charge >= 0.3 is 12.1 Å². The molecule has 1 amide bonds. The van der Waals surface area contributed by atoms with Gasteiger partial charge in [-0.05, 0) is 54.8 Å². The van der Waals surface area contributed by atoms with Crippen molar-refractivity contribution in [1.82, 2.24) is 5.32 Å². The first-order chi connectivity index (χ1) is 16.4. The Kier molecular flexibility index (Phi) is 9.10. The summed E-state index contributed by atoms with van der Waals surface area (Å²) < 4.78 is 69.3. The molecule has 9 nitrogen and oxygen atoms in total. The maximum Gasteiger partial charge on any atom is 0.490 e. The van der Waals surface area contributed by atoms with Crippen LogP contribution in [0, 0.1) is 0 Å². The lowest BCUT2D eigenvalue weighted by molar-refractivity contribution is -0.192. The number of carboxylic acid groups (broad SMARTS) is 1. The third-order valence-corrected chi connectivity index (χ3v) is 6.48. The summed E-state index contributed by atoms with van der Waals surface area (Å²) in [5.41, 5.74) is 0.811. The van der Waals surface area contributed by atoms with Gasteiger partial charge in [0, 0.05) is 19.3 Å². The third kappa shape index (κ3) is 7.59. The standard InChI is InChI=1S/C20H24N2O5S.C2HF3O2/c1-26-14-13-21-19(23)20(11-12-20)15-3-5-16(6-4-15)22-28(24,25)18-9-7-17(27-2)8-10-18;3-2(4,5)1(6)7/h3-10,22H,11-14H2,1-2H3,(H,21,23);(H,6,7). The summed E-state index contributed by atoms with van der Waals surface area (Å²) in [6.45, 7) is 0.935. The van der Waals surface area contributed by atoms with Crippen LogP contribution in [0.1, 0.15) is 18.4 Å². The van der Waals surface area contributed by atoms with Gasteiger partial charge in [-0.3, -0.25) is 9.52 Å². The van der Waals surface area contributed by atoms with E-state index in [1.165, 1.54) is 19.2 Å². The first-order valence-corrected chi connectivity index (χ1v) is 11.7. The number of aliphatic carboxylic acids is 1. The Hall–Kier alpha value is -3.32. The van der Waals surface area contributed by atoms with Gasteiger partial charge in [-0.2, -0.15) is 13.2 Å². The number of carbonyl (C=O) groups is 2. The van der Waals surface area contributed by atoms with Gasteiger partial charge in [0.25, 0.3) is 10.0 Å². The number of ether oxygens (including phenoxy) is 2. The first kappa shape index (κ1) is 27.9. The van der Waals surface area contributed by atoms with E-state index >= 15 is 0 Å². The van der Waals surface area contributed by atoms with Gasteiger partial charge in [0.1, 0.15) is 5.75 Å². The zero-order valence-electron chi connectivity index (χ0n) is 18.9. The Balaban J connectivity index is 0.000000540. The second kappa shape index (κ2) is 11.4. The summed E-state index contributed by atoms with van der Waals surface area (Å²) in [5, 5.41) is 10.0. The molecule has 3 N–H and O–H groups in total. The van der Waals surface area contributed by atoms with E-state index in [0.717, 1.165) is 18.4 Å². The predicted molar refractivity (Wildman–Crippen MR) is 120 cm³/mol. The van der Waals surface area contributed by atoms with Crippen LogP contribution in [0.15, 0.2) is 53.4 Å². The highest BCUT2D eigenvalue weighted by Gasteiger charge is 2.51. The molecular formula is C22H25F3N2O7S. The van der Waals surface area contributed by atoms with Crippen molar-refractivity contribution in [2.45, 2.75) is 29.3 Å². The fourth-order valence-corrected chi connectivity index (χ4v) is 4.09. The average molecular weight is 519 g/mol. The minimum atomic E-state index is -5.08. The molecule has 2 aromatic carbocycles. The number of carbonyl (C=O) groups excluding carboxylic acids is 1. The molecule has 0 spiro atoms. The van der Waals surface area contributed by atoms with Crippen molar-refractivity contribution in [3.05, 3.63) is 54.1 Å². The molecule has 0 saturated heterocycles. The monoisotopic (exact) mass is 518 g/mol. The van der Waals surface area contributed by atoms with Gasteiger partial charge in [-0.15, -0.1) is 0 Å². The average Bonchev–Trinajstić information content (AvgIpc) is 3.61. The minimum absolute atomic E-state index is 0.0175. The van der Waals surface area contributed by atoms with Crippen LogP contribution in [-0.4, -0.2) is 58.9 Å². The number of alkyl halides is 3. The van der Waals surface area contributed by atoms with Crippen LogP contribution in [-0.2, 0) is 29.8 Å². The molecule has 1 fully saturated rings. The molecule has 1 saturated carbocycles. The SMILES string of the molecule is COCCNC(=O)C1(c2ccc(NS(=O)(=O)c3ccc(OC)cc3)cc2)CC1.O=C(O)C(F)(F)F. The molecule has 2 aromatic rings. The van der Waals surface area contributed by atoms with E-state index in [1.54, 1.807) is 43.5 Å². The highest BCUT2D eigenvalue weighted by molar-refractivity contribution is 7.92. The Morgan fingerprint density at radius 3 is 2.00 bits per heavy atom. The number of halogens is 3. The number of methoxy groups -OCH3 is 2. The zero-order valence-corrected chi connectivity index (χ0v) is 19.7. The summed E-state index contributed by atoms with van der Waals surface area (Å²) in [7, 11) is -0.591. The van der Waals surface area contributed by atoms with Gasteiger partial charge in [0.15, 0.2) is 0 Å². The molecule has 0 aliphatic heterocycles. The fourth-order valence-electron chi connectivity index (χ4n) is 3.03. The Bertz CT molecular complexity index is 1120. The van der Waals surface area contributed by atoms with Crippen LogP contribution in [0.5, 0.6) is 5.75 Å². The molecule has 0 atom stereocenters. The van der Waals surface area contributed by atoms with Crippen molar-refractivity contribution in [1.29, 1.82) is 0 Å². The molecule has 0 radical (unpaired) electrons. The third-order valence-electron chi connectivity index (χ3n) is 5.08. The van der Waals surface area contributed by atoms with Gasteiger partial charge < -0.3 is 19.9 Å². The van der Waals surface area contributed by atoms with E-state index < -0.39 is 27.6 Å². The van der Waals surface area contributed by atoms with Crippen LogP contribution in [0.3, 0.4) is 0 Å². The number of anilines is 1. The maximum atomic E-state index is 12.5. The second-order valence-corrected chi connectivity index (χ2v) is 9.17. The van der Waals surface area contributed by atoms with E-state index in [2.05, 4.69) is 10.0 Å². The lowest BCUT2D eigenvalue weighted by Crippen LogP contribution is -2.36. The highest BCUT2D eigenvalue weighted by atomic mass is 32.2. The molecule has 0 aromatic heterocycles. The van der Waals surface area contributed by atoms with Crippen molar-refractivity contribution in [3.8, 4) is 5.75 Å². The van der Waals surface area contributed by atoms with Crippen LogP contribution in [0.2, 0.25) is 0 Å². The van der Waals surface area contributed by atoms with Crippen molar-refractivity contribution >= 4 is 27.6 Å². The number of rotatable bonds is 9. The summed E-state index contributed by atoms with van der Waals surface area (Å²) in [5.74, 6) is -2.19. The van der Waals surface area contributed by atoms with Crippen LogP contribution < -0.4 is 14.8 Å². The Labute approximate surface area is 200 Å². The Morgan fingerprint density at radius 2 is 1.57 bits per heavy atom. The van der Waals surface area contributed by atoms with E-state index in [0.29, 0.717) is 24.6 Å². The fraction of sp³-hybridized carbons (Fsp3) is 0.364. The van der Waals surface area contributed by atoms with Gasteiger partial charge in [-0.1, -0.05) is 12.1 Å². The molecule has 0 unspecified atom stereocenters. The second-order valence-electron chi connectivity index (χ2n) is 7.49. The molecule has 13 heteroatoms. The van der Waals surface area contributed by atoms with Crippen LogP contribution in [0.25, 0.3) is 0 Å². The first-order valence-electron chi connectivity index (χ1n) is 10.2. The quantitative estimate of drug-likeness (QED) is 0.435. The van der Waals surface area contributed by atoms with E-state index in [-0.39, 0.29) is 10.8 Å².